The lowest BCUT2D eigenvalue weighted by Gasteiger charge is -2.37. The third kappa shape index (κ3) is 4.65. The van der Waals surface area contributed by atoms with Crippen molar-refractivity contribution in [2.45, 2.75) is 32.2 Å². The van der Waals surface area contributed by atoms with Crippen molar-refractivity contribution in [1.82, 2.24) is 19.4 Å². The number of carbonyl (C=O) groups is 1. The summed E-state index contributed by atoms with van der Waals surface area (Å²) in [5.41, 5.74) is 1.65. The predicted molar refractivity (Wildman–Crippen MR) is 117 cm³/mol. The number of piperazine rings is 1. The van der Waals surface area contributed by atoms with Crippen LogP contribution in [0.1, 0.15) is 25.7 Å². The second-order valence-corrected chi connectivity index (χ2v) is 8.19. The number of aliphatic hydroxyl groups excluding tert-OH is 1. The van der Waals surface area contributed by atoms with Crippen LogP contribution in [0.15, 0.2) is 29.3 Å². The molecule has 2 saturated heterocycles. The lowest BCUT2D eigenvalue weighted by molar-refractivity contribution is -0.130. The van der Waals surface area contributed by atoms with E-state index in [1.165, 1.54) is 10.9 Å². The molecule has 30 heavy (non-hydrogen) atoms. The number of fused-ring (bicyclic) bond motifs is 1. The number of benzene rings is 1. The van der Waals surface area contributed by atoms with Gasteiger partial charge in [0.1, 0.15) is 0 Å². The summed E-state index contributed by atoms with van der Waals surface area (Å²) in [5, 5.41) is 9.65. The van der Waals surface area contributed by atoms with Gasteiger partial charge in [-0.1, -0.05) is 6.42 Å². The van der Waals surface area contributed by atoms with Crippen molar-refractivity contribution in [3.05, 3.63) is 34.9 Å². The molecule has 2 aliphatic rings. The molecule has 0 aliphatic carbocycles. The minimum Gasteiger partial charge on any atom is -0.395 e. The Labute approximate surface area is 176 Å². The number of carbonyl (C=O) groups excluding carboxylic acids is 1. The zero-order chi connectivity index (χ0) is 20.9. The number of anilines is 1. The summed E-state index contributed by atoms with van der Waals surface area (Å²) in [4.78, 5) is 35.8. The Morgan fingerprint density at radius 3 is 2.57 bits per heavy atom. The Morgan fingerprint density at radius 2 is 1.77 bits per heavy atom. The first kappa shape index (κ1) is 20.8. The summed E-state index contributed by atoms with van der Waals surface area (Å²) in [6.07, 6.45) is 5.53. The average Bonchev–Trinajstić information content (AvgIpc) is 2.98. The van der Waals surface area contributed by atoms with Gasteiger partial charge in [-0.25, -0.2) is 4.98 Å². The topological polar surface area (TPSA) is 81.9 Å². The molecule has 4 rings (SSSR count). The molecule has 0 saturated carbocycles. The predicted octanol–water partition coefficient (Wildman–Crippen LogP) is 0.913. The van der Waals surface area contributed by atoms with Crippen LogP contribution in [-0.4, -0.2) is 82.8 Å². The normalized spacial score (nSPS) is 18.8. The van der Waals surface area contributed by atoms with Crippen LogP contribution in [0.5, 0.6) is 0 Å². The molecule has 8 nitrogen and oxygen atoms in total. The van der Waals surface area contributed by atoms with Crippen molar-refractivity contribution in [2.24, 2.45) is 0 Å². The third-order valence-corrected chi connectivity index (χ3v) is 6.24. The largest absolute Gasteiger partial charge is 0.395 e. The van der Waals surface area contributed by atoms with E-state index in [1.54, 1.807) is 0 Å². The molecule has 0 bridgehead atoms. The van der Waals surface area contributed by atoms with Gasteiger partial charge in [-0.05, 0) is 31.0 Å². The van der Waals surface area contributed by atoms with Crippen LogP contribution < -0.4 is 10.5 Å². The molecule has 1 aromatic carbocycles. The summed E-state index contributed by atoms with van der Waals surface area (Å²) < 4.78 is 1.44. The lowest BCUT2D eigenvalue weighted by atomic mass is 10.2. The molecule has 0 unspecified atom stereocenters. The number of amides is 1. The van der Waals surface area contributed by atoms with Crippen LogP contribution in [0.2, 0.25) is 0 Å². The zero-order valence-electron chi connectivity index (χ0n) is 17.5. The molecule has 162 valence electrons. The maximum absolute atomic E-state index is 12.5. The van der Waals surface area contributed by atoms with Crippen molar-refractivity contribution in [3.63, 3.8) is 0 Å². The standard InChI is InChI=1S/C22H31N5O3/c28-15-14-27-17-23-20-16-18(5-6-19(20)22(27)30)25-11-8-24(9-12-25)10-13-26-7-3-1-2-4-21(26)29/h5-6,16-17,28H,1-4,7-15H2. The van der Waals surface area contributed by atoms with Gasteiger partial charge in [-0.2, -0.15) is 0 Å². The van der Waals surface area contributed by atoms with E-state index in [1.807, 2.05) is 23.1 Å². The fourth-order valence-corrected chi connectivity index (χ4v) is 4.38. The highest BCUT2D eigenvalue weighted by Crippen LogP contribution is 2.20. The van der Waals surface area contributed by atoms with Crippen LogP contribution in [-0.2, 0) is 11.3 Å². The molecule has 1 amide bonds. The second kappa shape index (κ2) is 9.57. The summed E-state index contributed by atoms with van der Waals surface area (Å²) in [5.74, 6) is 0.313. The summed E-state index contributed by atoms with van der Waals surface area (Å²) >= 11 is 0. The van der Waals surface area contributed by atoms with Gasteiger partial charge in [0.15, 0.2) is 0 Å². The van der Waals surface area contributed by atoms with Crippen molar-refractivity contribution in [2.75, 3.05) is 57.3 Å². The first-order chi connectivity index (χ1) is 14.7. The molecular weight excluding hydrogens is 382 g/mol. The molecule has 2 aliphatic heterocycles. The third-order valence-electron chi connectivity index (χ3n) is 6.24. The van der Waals surface area contributed by atoms with Crippen LogP contribution in [0, 0.1) is 0 Å². The summed E-state index contributed by atoms with van der Waals surface area (Å²) in [6, 6.07) is 5.80. The summed E-state index contributed by atoms with van der Waals surface area (Å²) in [6.45, 7) is 6.61. The molecule has 3 heterocycles. The zero-order valence-corrected chi connectivity index (χ0v) is 17.5. The Morgan fingerprint density at radius 1 is 0.933 bits per heavy atom. The number of rotatable bonds is 6. The highest BCUT2D eigenvalue weighted by atomic mass is 16.3. The van der Waals surface area contributed by atoms with Crippen molar-refractivity contribution in [3.8, 4) is 0 Å². The van der Waals surface area contributed by atoms with Crippen LogP contribution >= 0.6 is 0 Å². The fourth-order valence-electron chi connectivity index (χ4n) is 4.38. The van der Waals surface area contributed by atoms with Gasteiger partial charge in [-0.15, -0.1) is 0 Å². The lowest BCUT2D eigenvalue weighted by Crippen LogP contribution is -2.49. The number of aromatic nitrogens is 2. The van der Waals surface area contributed by atoms with Gasteiger partial charge in [0.25, 0.3) is 5.56 Å². The average molecular weight is 414 g/mol. The summed E-state index contributed by atoms with van der Waals surface area (Å²) in [7, 11) is 0. The van der Waals surface area contributed by atoms with Crippen molar-refractivity contribution in [1.29, 1.82) is 0 Å². The monoisotopic (exact) mass is 413 g/mol. The minimum atomic E-state index is -0.117. The molecule has 0 spiro atoms. The quantitative estimate of drug-likeness (QED) is 0.758. The van der Waals surface area contributed by atoms with Crippen LogP contribution in [0.25, 0.3) is 10.9 Å². The van der Waals surface area contributed by atoms with E-state index in [2.05, 4.69) is 14.8 Å². The first-order valence-corrected chi connectivity index (χ1v) is 11.0. The van der Waals surface area contributed by atoms with Crippen LogP contribution in [0.4, 0.5) is 5.69 Å². The SMILES string of the molecule is O=C1CCCCCN1CCN1CCN(c2ccc3c(=O)n(CCO)cnc3c2)CC1. The Balaban J connectivity index is 1.34. The molecule has 0 atom stereocenters. The van der Waals surface area contributed by atoms with E-state index < -0.39 is 0 Å². The van der Waals surface area contributed by atoms with Crippen LogP contribution in [0.3, 0.4) is 0 Å². The van der Waals surface area contributed by atoms with Gasteiger partial charge in [0.2, 0.25) is 5.91 Å². The van der Waals surface area contributed by atoms with Gasteiger partial charge >= 0.3 is 0 Å². The molecule has 0 radical (unpaired) electrons. The van der Waals surface area contributed by atoms with Crippen molar-refractivity contribution >= 4 is 22.5 Å². The minimum absolute atomic E-state index is 0.0820. The van der Waals surface area contributed by atoms with Crippen molar-refractivity contribution < 1.29 is 9.90 Å². The molecule has 8 heteroatoms. The fraction of sp³-hybridized carbons (Fsp3) is 0.591. The second-order valence-electron chi connectivity index (χ2n) is 8.19. The number of hydrogen-bond acceptors (Lipinski definition) is 6. The molecule has 2 aromatic rings. The number of likely N-dealkylation sites (tertiary alicyclic amines) is 1. The maximum atomic E-state index is 12.5. The van der Waals surface area contributed by atoms with E-state index in [-0.39, 0.29) is 18.7 Å². The molecule has 1 aromatic heterocycles. The highest BCUT2D eigenvalue weighted by molar-refractivity contribution is 5.81. The van der Waals surface area contributed by atoms with Gasteiger partial charge in [0.05, 0.1) is 30.4 Å². The van der Waals surface area contributed by atoms with E-state index in [4.69, 9.17) is 5.11 Å². The smallest absolute Gasteiger partial charge is 0.261 e. The molecule has 2 fully saturated rings. The van der Waals surface area contributed by atoms with Gasteiger partial charge in [0, 0.05) is 57.9 Å². The number of hydrogen-bond donors (Lipinski definition) is 1. The highest BCUT2D eigenvalue weighted by Gasteiger charge is 2.21. The van der Waals surface area contributed by atoms with Gasteiger partial charge in [-0.3, -0.25) is 19.1 Å². The maximum Gasteiger partial charge on any atom is 0.261 e. The molecule has 1 N–H and O–H groups in total. The Hall–Kier alpha value is -2.45. The van der Waals surface area contributed by atoms with E-state index in [0.29, 0.717) is 23.2 Å². The number of aliphatic hydroxyl groups is 1. The van der Waals surface area contributed by atoms with E-state index >= 15 is 0 Å². The van der Waals surface area contributed by atoms with Gasteiger partial charge < -0.3 is 14.9 Å². The van der Waals surface area contributed by atoms with E-state index in [9.17, 15) is 9.59 Å². The Kier molecular flexibility index (Phi) is 6.64. The first-order valence-electron chi connectivity index (χ1n) is 11.0. The number of nitrogens with zero attached hydrogens (tertiary/aromatic N) is 5. The Bertz CT molecular complexity index is 936. The van der Waals surface area contributed by atoms with E-state index in [0.717, 1.165) is 70.8 Å². The molecular formula is C22H31N5O3.